The van der Waals surface area contributed by atoms with Crippen LogP contribution in [0.5, 0.6) is 0 Å². The molecule has 0 saturated carbocycles. The Bertz CT molecular complexity index is 447. The minimum absolute atomic E-state index is 0.0377. The lowest BCUT2D eigenvalue weighted by atomic mass is 10.1. The Hall–Kier alpha value is -1.62. The number of hydrogen-bond donors (Lipinski definition) is 0. The lowest BCUT2D eigenvalue weighted by Gasteiger charge is -2.29. The van der Waals surface area contributed by atoms with Crippen LogP contribution in [0.4, 0.5) is 0 Å². The number of rotatable bonds is 2. The molecule has 2 rings (SSSR count). The Morgan fingerprint density at radius 2 is 1.82 bits per heavy atom. The average molecular weight is 237 g/mol. The summed E-state index contributed by atoms with van der Waals surface area (Å²) in [6.07, 6.45) is 0. The minimum atomic E-state index is -0.494. The number of esters is 2. The molecule has 0 aliphatic carbocycles. The first-order valence-electron chi connectivity index (χ1n) is 5.52. The van der Waals surface area contributed by atoms with Gasteiger partial charge in [0, 0.05) is 11.6 Å². The average Bonchev–Trinajstić information content (AvgIpc) is 2.55. The van der Waals surface area contributed by atoms with Crippen molar-refractivity contribution in [3.8, 4) is 0 Å². The summed E-state index contributed by atoms with van der Waals surface area (Å²) in [4.78, 5) is 24.2. The molecule has 1 saturated heterocycles. The first kappa shape index (κ1) is 11.9. The van der Waals surface area contributed by atoms with Gasteiger partial charge in [0.05, 0.1) is 13.1 Å². The molecule has 1 aliphatic rings. The molecule has 1 aromatic rings. The molecular formula is C12H15NO4. The molecular weight excluding hydrogens is 222 g/mol. The van der Waals surface area contributed by atoms with Crippen molar-refractivity contribution in [2.45, 2.75) is 26.8 Å². The van der Waals surface area contributed by atoms with Gasteiger partial charge in [-0.05, 0) is 26.8 Å². The number of furan rings is 1. The van der Waals surface area contributed by atoms with Crippen molar-refractivity contribution in [2.24, 2.45) is 0 Å². The van der Waals surface area contributed by atoms with E-state index in [4.69, 9.17) is 4.42 Å². The third-order valence-electron chi connectivity index (χ3n) is 2.97. The smallest absolute Gasteiger partial charge is 0.327 e. The molecule has 17 heavy (non-hydrogen) atoms. The molecule has 0 aromatic carbocycles. The maximum absolute atomic E-state index is 11.2. The maximum atomic E-state index is 11.2. The summed E-state index contributed by atoms with van der Waals surface area (Å²) in [5.74, 6) is 0.661. The highest BCUT2D eigenvalue weighted by Crippen LogP contribution is 2.26. The van der Waals surface area contributed by atoms with Crippen LogP contribution in [-0.4, -0.2) is 29.9 Å². The van der Waals surface area contributed by atoms with Crippen molar-refractivity contribution in [3.05, 3.63) is 23.2 Å². The van der Waals surface area contributed by atoms with Crippen LogP contribution in [0, 0.1) is 13.8 Å². The van der Waals surface area contributed by atoms with Crippen LogP contribution in [0.2, 0.25) is 0 Å². The summed E-state index contributed by atoms with van der Waals surface area (Å²) in [6, 6.07) is 1.90. The van der Waals surface area contributed by atoms with Crippen LogP contribution in [0.1, 0.15) is 30.0 Å². The van der Waals surface area contributed by atoms with E-state index in [-0.39, 0.29) is 19.1 Å². The third kappa shape index (κ3) is 2.39. The largest absolute Gasteiger partial charge is 0.466 e. The van der Waals surface area contributed by atoms with Crippen LogP contribution in [-0.2, 0) is 14.3 Å². The molecule has 92 valence electrons. The summed E-state index contributed by atoms with van der Waals surface area (Å²) in [6.45, 7) is 5.97. The van der Waals surface area contributed by atoms with Crippen molar-refractivity contribution < 1.29 is 18.7 Å². The fourth-order valence-corrected chi connectivity index (χ4v) is 2.11. The second kappa shape index (κ2) is 4.33. The lowest BCUT2D eigenvalue weighted by molar-refractivity contribution is -0.167. The zero-order valence-electron chi connectivity index (χ0n) is 10.1. The van der Waals surface area contributed by atoms with Gasteiger partial charge in [-0.15, -0.1) is 0 Å². The Balaban J connectivity index is 2.19. The van der Waals surface area contributed by atoms with Gasteiger partial charge in [0.2, 0.25) is 0 Å². The van der Waals surface area contributed by atoms with Crippen LogP contribution >= 0.6 is 0 Å². The molecule has 1 aliphatic heterocycles. The predicted octanol–water partition coefficient (Wildman–Crippen LogP) is 1.34. The van der Waals surface area contributed by atoms with E-state index in [9.17, 15) is 9.59 Å². The number of cyclic esters (lactones) is 2. The van der Waals surface area contributed by atoms with Crippen LogP contribution in [0.3, 0.4) is 0 Å². The summed E-state index contributed by atoms with van der Waals surface area (Å²) in [7, 11) is 0. The zero-order valence-corrected chi connectivity index (χ0v) is 10.1. The highest BCUT2D eigenvalue weighted by atomic mass is 16.6. The highest BCUT2D eigenvalue weighted by Gasteiger charge is 2.30. The van der Waals surface area contributed by atoms with Crippen molar-refractivity contribution >= 4 is 11.9 Å². The highest BCUT2D eigenvalue weighted by molar-refractivity contribution is 5.90. The Morgan fingerprint density at radius 1 is 1.24 bits per heavy atom. The summed E-state index contributed by atoms with van der Waals surface area (Å²) in [5.41, 5.74) is 1.00. The minimum Gasteiger partial charge on any atom is -0.466 e. The SMILES string of the molecule is Cc1cc(C(C)N2CC(=O)OC(=O)C2)c(C)o1. The molecule has 0 radical (unpaired) electrons. The number of carbonyl (C=O) groups is 2. The molecule has 1 aromatic heterocycles. The zero-order chi connectivity index (χ0) is 12.6. The second-order valence-corrected chi connectivity index (χ2v) is 4.30. The van der Waals surface area contributed by atoms with E-state index >= 15 is 0 Å². The molecule has 1 unspecified atom stereocenters. The number of morpholine rings is 1. The first-order chi connectivity index (χ1) is 7.97. The van der Waals surface area contributed by atoms with Crippen molar-refractivity contribution in [1.82, 2.24) is 4.90 Å². The van der Waals surface area contributed by atoms with Gasteiger partial charge in [-0.2, -0.15) is 0 Å². The van der Waals surface area contributed by atoms with Gasteiger partial charge >= 0.3 is 11.9 Å². The summed E-state index contributed by atoms with van der Waals surface area (Å²) < 4.78 is 9.95. The van der Waals surface area contributed by atoms with E-state index in [1.165, 1.54) is 0 Å². The number of carbonyl (C=O) groups excluding carboxylic acids is 2. The number of hydrogen-bond acceptors (Lipinski definition) is 5. The molecule has 0 N–H and O–H groups in total. The molecule has 1 fully saturated rings. The topological polar surface area (TPSA) is 59.8 Å². The van der Waals surface area contributed by atoms with Gasteiger partial charge < -0.3 is 9.15 Å². The molecule has 0 bridgehead atoms. The number of aryl methyl sites for hydroxylation is 2. The molecule has 0 amide bonds. The van der Waals surface area contributed by atoms with Crippen molar-refractivity contribution in [2.75, 3.05) is 13.1 Å². The number of ether oxygens (including phenoxy) is 1. The van der Waals surface area contributed by atoms with Gasteiger partial charge in [0.25, 0.3) is 0 Å². The second-order valence-electron chi connectivity index (χ2n) is 4.30. The third-order valence-corrected chi connectivity index (χ3v) is 2.97. The van der Waals surface area contributed by atoms with Crippen LogP contribution < -0.4 is 0 Å². The molecule has 5 nitrogen and oxygen atoms in total. The Morgan fingerprint density at radius 3 is 2.29 bits per heavy atom. The summed E-state index contributed by atoms with van der Waals surface area (Å²) in [5, 5.41) is 0. The quantitative estimate of drug-likeness (QED) is 0.574. The molecule has 1 atom stereocenters. The van der Waals surface area contributed by atoms with Crippen molar-refractivity contribution in [3.63, 3.8) is 0 Å². The van der Waals surface area contributed by atoms with Gasteiger partial charge in [-0.1, -0.05) is 0 Å². The van der Waals surface area contributed by atoms with E-state index in [1.807, 2.05) is 26.8 Å². The lowest BCUT2D eigenvalue weighted by Crippen LogP contribution is -2.44. The first-order valence-corrected chi connectivity index (χ1v) is 5.52. The monoisotopic (exact) mass is 237 g/mol. The fraction of sp³-hybridized carbons (Fsp3) is 0.500. The van der Waals surface area contributed by atoms with Crippen LogP contribution in [0.15, 0.2) is 10.5 Å². The molecule has 5 heteroatoms. The molecule has 2 heterocycles. The van der Waals surface area contributed by atoms with E-state index in [0.717, 1.165) is 17.1 Å². The normalized spacial score (nSPS) is 19.2. The Kier molecular flexibility index (Phi) is 3.02. The van der Waals surface area contributed by atoms with Crippen LogP contribution in [0.25, 0.3) is 0 Å². The standard InChI is InChI=1S/C12H15NO4/c1-7-4-10(9(3)16-7)8(2)13-5-11(14)17-12(15)6-13/h4,8H,5-6H2,1-3H3. The van der Waals surface area contributed by atoms with E-state index in [0.29, 0.717) is 0 Å². The van der Waals surface area contributed by atoms with Gasteiger partial charge in [0.1, 0.15) is 11.5 Å². The van der Waals surface area contributed by atoms with E-state index < -0.39 is 11.9 Å². The Labute approximate surface area is 99.3 Å². The maximum Gasteiger partial charge on any atom is 0.327 e. The van der Waals surface area contributed by atoms with Gasteiger partial charge in [0.15, 0.2) is 0 Å². The predicted molar refractivity (Wildman–Crippen MR) is 59.3 cm³/mol. The molecule has 0 spiro atoms. The van der Waals surface area contributed by atoms with Gasteiger partial charge in [-0.25, -0.2) is 0 Å². The number of nitrogens with zero attached hydrogens (tertiary/aromatic N) is 1. The van der Waals surface area contributed by atoms with E-state index in [1.54, 1.807) is 4.90 Å². The van der Waals surface area contributed by atoms with Crippen molar-refractivity contribution in [1.29, 1.82) is 0 Å². The fourth-order valence-electron chi connectivity index (χ4n) is 2.11. The van der Waals surface area contributed by atoms with Gasteiger partial charge in [-0.3, -0.25) is 14.5 Å². The summed E-state index contributed by atoms with van der Waals surface area (Å²) >= 11 is 0. The van der Waals surface area contributed by atoms with E-state index in [2.05, 4.69) is 4.74 Å².